The lowest BCUT2D eigenvalue weighted by Gasteiger charge is -2.10. The molecule has 0 unspecified atom stereocenters. The monoisotopic (exact) mass is 363 g/mol. The van der Waals surface area contributed by atoms with E-state index in [-0.39, 0.29) is 12.5 Å². The average Bonchev–Trinajstić information content (AvgIpc) is 3.05. The van der Waals surface area contributed by atoms with E-state index >= 15 is 0 Å². The number of carbonyl (C=O) groups excluding carboxylic acids is 1. The molecule has 7 heteroatoms. The SMILES string of the molecule is Cc1cc(=O)oc2cc(OCC(=O)NCc3cccs3)c(Cl)cc12. The molecule has 3 aromatic rings. The van der Waals surface area contributed by atoms with Gasteiger partial charge < -0.3 is 14.5 Å². The number of benzene rings is 1. The maximum absolute atomic E-state index is 11.8. The van der Waals surface area contributed by atoms with Gasteiger partial charge in [0.05, 0.1) is 11.6 Å². The highest BCUT2D eigenvalue weighted by Gasteiger charge is 2.11. The van der Waals surface area contributed by atoms with Crippen molar-refractivity contribution < 1.29 is 13.9 Å². The van der Waals surface area contributed by atoms with Crippen molar-refractivity contribution in [1.82, 2.24) is 5.32 Å². The van der Waals surface area contributed by atoms with Crippen molar-refractivity contribution >= 4 is 39.8 Å². The molecule has 0 atom stereocenters. The molecule has 0 aliphatic carbocycles. The molecule has 0 bridgehead atoms. The van der Waals surface area contributed by atoms with Crippen LogP contribution in [0.4, 0.5) is 0 Å². The van der Waals surface area contributed by atoms with Crippen molar-refractivity contribution in [1.29, 1.82) is 0 Å². The molecule has 5 nitrogen and oxygen atoms in total. The van der Waals surface area contributed by atoms with Crippen LogP contribution in [0.2, 0.25) is 5.02 Å². The second kappa shape index (κ2) is 7.07. The quantitative estimate of drug-likeness (QED) is 0.704. The third kappa shape index (κ3) is 3.77. The molecule has 1 amide bonds. The van der Waals surface area contributed by atoms with Gasteiger partial charge >= 0.3 is 5.63 Å². The van der Waals surface area contributed by atoms with E-state index in [0.29, 0.717) is 22.9 Å². The first kappa shape index (κ1) is 16.5. The summed E-state index contributed by atoms with van der Waals surface area (Å²) in [6, 6.07) is 8.45. The number of thiophene rings is 1. The highest BCUT2D eigenvalue weighted by atomic mass is 35.5. The van der Waals surface area contributed by atoms with E-state index in [4.69, 9.17) is 20.8 Å². The summed E-state index contributed by atoms with van der Waals surface area (Å²) < 4.78 is 10.6. The van der Waals surface area contributed by atoms with Crippen molar-refractivity contribution in [3.05, 3.63) is 61.6 Å². The third-order valence-electron chi connectivity index (χ3n) is 3.40. The zero-order valence-corrected chi connectivity index (χ0v) is 14.4. The predicted molar refractivity (Wildman–Crippen MR) is 93.9 cm³/mol. The van der Waals surface area contributed by atoms with Gasteiger partial charge in [-0.3, -0.25) is 4.79 Å². The number of rotatable bonds is 5. The Hall–Kier alpha value is -2.31. The number of nitrogens with one attached hydrogen (secondary N) is 1. The molecule has 1 aromatic carbocycles. The molecule has 0 saturated heterocycles. The third-order valence-corrected chi connectivity index (χ3v) is 4.57. The van der Waals surface area contributed by atoms with Gasteiger partial charge in [-0.05, 0) is 30.0 Å². The van der Waals surface area contributed by atoms with Crippen LogP contribution in [0.3, 0.4) is 0 Å². The summed E-state index contributed by atoms with van der Waals surface area (Å²) in [7, 11) is 0. The van der Waals surface area contributed by atoms with E-state index in [2.05, 4.69) is 5.32 Å². The first-order valence-corrected chi connectivity index (χ1v) is 8.44. The highest BCUT2D eigenvalue weighted by molar-refractivity contribution is 7.09. The van der Waals surface area contributed by atoms with Crippen molar-refractivity contribution in [2.75, 3.05) is 6.61 Å². The topological polar surface area (TPSA) is 68.5 Å². The van der Waals surface area contributed by atoms with Crippen LogP contribution in [0.1, 0.15) is 10.4 Å². The lowest BCUT2D eigenvalue weighted by molar-refractivity contribution is -0.123. The van der Waals surface area contributed by atoms with Crippen LogP contribution in [0.15, 0.2) is 44.9 Å². The Kier molecular flexibility index (Phi) is 4.87. The van der Waals surface area contributed by atoms with Crippen LogP contribution in [0, 0.1) is 6.92 Å². The normalized spacial score (nSPS) is 10.8. The first-order chi connectivity index (χ1) is 11.5. The smallest absolute Gasteiger partial charge is 0.336 e. The zero-order valence-electron chi connectivity index (χ0n) is 12.8. The standard InChI is InChI=1S/C17H14ClNO4S/c1-10-5-17(21)23-14-7-15(13(18)6-12(10)14)22-9-16(20)19-8-11-3-2-4-24-11/h2-7H,8-9H2,1H3,(H,19,20). The second-order valence-electron chi connectivity index (χ2n) is 5.17. The first-order valence-electron chi connectivity index (χ1n) is 7.19. The maximum Gasteiger partial charge on any atom is 0.336 e. The predicted octanol–water partition coefficient (Wildman–Crippen LogP) is 3.51. The van der Waals surface area contributed by atoms with E-state index < -0.39 is 5.63 Å². The molecule has 2 heterocycles. The van der Waals surface area contributed by atoms with Gasteiger partial charge in [-0.25, -0.2) is 4.79 Å². The molecule has 24 heavy (non-hydrogen) atoms. The lowest BCUT2D eigenvalue weighted by atomic mass is 10.1. The van der Waals surface area contributed by atoms with E-state index in [0.717, 1.165) is 15.8 Å². The Morgan fingerprint density at radius 3 is 2.96 bits per heavy atom. The fraction of sp³-hybridized carbons (Fsp3) is 0.176. The largest absolute Gasteiger partial charge is 0.482 e. The molecule has 3 rings (SSSR count). The summed E-state index contributed by atoms with van der Waals surface area (Å²) in [4.78, 5) is 24.4. The van der Waals surface area contributed by atoms with Crippen LogP contribution >= 0.6 is 22.9 Å². The molecule has 0 aliphatic heterocycles. The van der Waals surface area contributed by atoms with Gasteiger partial charge in [0.25, 0.3) is 5.91 Å². The van der Waals surface area contributed by atoms with Gasteiger partial charge in [0.2, 0.25) is 0 Å². The summed E-state index contributed by atoms with van der Waals surface area (Å²) >= 11 is 7.75. The Morgan fingerprint density at radius 1 is 1.38 bits per heavy atom. The molecule has 124 valence electrons. The lowest BCUT2D eigenvalue weighted by Crippen LogP contribution is -2.28. The molecule has 1 N–H and O–H groups in total. The summed E-state index contributed by atoms with van der Waals surface area (Å²) in [5.41, 5.74) is 0.698. The van der Waals surface area contributed by atoms with Crippen molar-refractivity contribution in [2.24, 2.45) is 0 Å². The van der Waals surface area contributed by atoms with E-state index in [9.17, 15) is 9.59 Å². The number of aryl methyl sites for hydroxylation is 1. The van der Waals surface area contributed by atoms with Crippen LogP contribution < -0.4 is 15.7 Å². The zero-order chi connectivity index (χ0) is 17.1. The van der Waals surface area contributed by atoms with Crippen molar-refractivity contribution in [3.63, 3.8) is 0 Å². The Labute approximate surface area is 146 Å². The Balaban J connectivity index is 1.69. The van der Waals surface area contributed by atoms with E-state index in [1.807, 2.05) is 17.5 Å². The van der Waals surface area contributed by atoms with Gasteiger partial charge in [-0.2, -0.15) is 0 Å². The minimum absolute atomic E-state index is 0.174. The Bertz CT molecular complexity index is 934. The molecule has 0 aliphatic rings. The molecular formula is C17H14ClNO4S. The fourth-order valence-corrected chi connectivity index (χ4v) is 3.09. The van der Waals surface area contributed by atoms with E-state index in [1.54, 1.807) is 24.3 Å². The second-order valence-corrected chi connectivity index (χ2v) is 6.61. The van der Waals surface area contributed by atoms with E-state index in [1.165, 1.54) is 12.1 Å². The number of fused-ring (bicyclic) bond motifs is 1. The minimum Gasteiger partial charge on any atom is -0.482 e. The number of halogens is 1. The molecule has 0 saturated carbocycles. The number of hydrogen-bond donors (Lipinski definition) is 1. The highest BCUT2D eigenvalue weighted by Crippen LogP contribution is 2.30. The molecule has 0 fully saturated rings. The van der Waals surface area contributed by atoms with Crippen LogP contribution in [0.25, 0.3) is 11.0 Å². The summed E-state index contributed by atoms with van der Waals surface area (Å²) in [6.45, 7) is 2.08. The van der Waals surface area contributed by atoms with Crippen molar-refractivity contribution in [2.45, 2.75) is 13.5 Å². The van der Waals surface area contributed by atoms with Crippen LogP contribution in [-0.4, -0.2) is 12.5 Å². The fourth-order valence-electron chi connectivity index (χ4n) is 2.22. The number of hydrogen-bond acceptors (Lipinski definition) is 5. The number of ether oxygens (including phenoxy) is 1. The van der Waals surface area contributed by atoms with Gasteiger partial charge in [0, 0.05) is 22.4 Å². The maximum atomic E-state index is 11.8. The van der Waals surface area contributed by atoms with Crippen molar-refractivity contribution in [3.8, 4) is 5.75 Å². The Morgan fingerprint density at radius 2 is 2.21 bits per heavy atom. The van der Waals surface area contributed by atoms with Gasteiger partial charge in [0.15, 0.2) is 6.61 Å². The molecule has 0 spiro atoms. The summed E-state index contributed by atoms with van der Waals surface area (Å²) in [5, 5.41) is 5.79. The summed E-state index contributed by atoms with van der Waals surface area (Å²) in [6.07, 6.45) is 0. The minimum atomic E-state index is -0.443. The number of carbonyl (C=O) groups is 1. The van der Waals surface area contributed by atoms with Crippen LogP contribution in [0.5, 0.6) is 5.75 Å². The molecule has 0 radical (unpaired) electrons. The molecular weight excluding hydrogens is 350 g/mol. The average molecular weight is 364 g/mol. The van der Waals surface area contributed by atoms with Gasteiger partial charge in [0.1, 0.15) is 11.3 Å². The van der Waals surface area contributed by atoms with Gasteiger partial charge in [-0.15, -0.1) is 11.3 Å². The molecule has 2 aromatic heterocycles. The number of amides is 1. The van der Waals surface area contributed by atoms with Crippen LogP contribution in [-0.2, 0) is 11.3 Å². The van der Waals surface area contributed by atoms with Gasteiger partial charge in [-0.1, -0.05) is 17.7 Å². The summed E-state index contributed by atoms with van der Waals surface area (Å²) in [5.74, 6) is 0.0365.